The summed E-state index contributed by atoms with van der Waals surface area (Å²) in [5.41, 5.74) is 0.947. The Morgan fingerprint density at radius 2 is 1.95 bits per heavy atom. The topological polar surface area (TPSA) is 62.5 Å². The van der Waals surface area contributed by atoms with E-state index in [0.717, 1.165) is 43.7 Å². The molecular weight excluding hydrogens is 307 g/mol. The number of piperidine rings is 1. The van der Waals surface area contributed by atoms with Crippen molar-refractivity contribution in [1.82, 2.24) is 19.6 Å². The Morgan fingerprint density at radius 3 is 2.62 bits per heavy atom. The minimum atomic E-state index is -4.65. The number of aromatic nitrogens is 3. The van der Waals surface area contributed by atoms with Gasteiger partial charge in [-0.25, -0.2) is 5.01 Å². The van der Waals surface area contributed by atoms with Crippen molar-refractivity contribution < 1.29 is 13.2 Å². The highest BCUT2D eigenvalue weighted by atomic mass is 32.1. The van der Waals surface area contributed by atoms with Crippen LogP contribution in [0.5, 0.6) is 0 Å². The van der Waals surface area contributed by atoms with Gasteiger partial charge in [-0.2, -0.15) is 22.7 Å². The number of halogens is 3. The number of nitrogens with one attached hydrogen (secondary N) is 1. The summed E-state index contributed by atoms with van der Waals surface area (Å²) in [5.74, 6) is 0. The van der Waals surface area contributed by atoms with Gasteiger partial charge in [-0.1, -0.05) is 17.8 Å². The Morgan fingerprint density at radius 1 is 1.24 bits per heavy atom. The predicted octanol–water partition coefficient (Wildman–Crippen LogP) is 1.98. The lowest BCUT2D eigenvalue weighted by Gasteiger charge is -2.26. The van der Waals surface area contributed by atoms with E-state index in [1.807, 2.05) is 5.01 Å². The molecule has 2 aromatic heterocycles. The number of alkyl halides is 3. The van der Waals surface area contributed by atoms with Gasteiger partial charge in [0.2, 0.25) is 10.1 Å². The number of hydrogen-bond acceptors (Lipinski definition) is 6. The van der Waals surface area contributed by atoms with Crippen LogP contribution in [-0.2, 0) is 6.18 Å². The molecule has 0 aromatic carbocycles. The second kappa shape index (κ2) is 5.26. The zero-order valence-electron chi connectivity index (χ0n) is 10.9. The summed E-state index contributed by atoms with van der Waals surface area (Å²) in [6, 6.07) is 0.456. The second-order valence-corrected chi connectivity index (χ2v) is 5.69. The van der Waals surface area contributed by atoms with Crippen molar-refractivity contribution >= 4 is 21.4 Å². The molecule has 1 aliphatic heterocycles. The van der Waals surface area contributed by atoms with Crippen molar-refractivity contribution in [3.8, 4) is 0 Å². The van der Waals surface area contributed by atoms with E-state index in [4.69, 9.17) is 0 Å². The van der Waals surface area contributed by atoms with Gasteiger partial charge < -0.3 is 0 Å². The van der Waals surface area contributed by atoms with Crippen LogP contribution in [0.3, 0.4) is 0 Å². The van der Waals surface area contributed by atoms with Crippen molar-refractivity contribution in [2.75, 3.05) is 18.5 Å². The molecule has 3 heterocycles. The lowest BCUT2D eigenvalue weighted by Crippen LogP contribution is -2.34. The summed E-state index contributed by atoms with van der Waals surface area (Å²) < 4.78 is 39.4. The Labute approximate surface area is 121 Å². The SMILES string of the molecule is O=c1cc(C(F)(F)F)n2nc(NN3CCCCC3)sc2n1. The van der Waals surface area contributed by atoms with Gasteiger partial charge in [-0.05, 0) is 12.8 Å². The van der Waals surface area contributed by atoms with Crippen molar-refractivity contribution in [1.29, 1.82) is 0 Å². The molecule has 0 radical (unpaired) electrons. The van der Waals surface area contributed by atoms with Crippen molar-refractivity contribution in [3.05, 3.63) is 22.1 Å². The molecule has 0 saturated carbocycles. The Kier molecular flexibility index (Phi) is 3.57. The molecule has 0 atom stereocenters. The molecular formula is C11H12F3N5OS. The third-order valence-corrected chi connectivity index (χ3v) is 3.97. The molecule has 0 spiro atoms. The molecule has 21 heavy (non-hydrogen) atoms. The number of hydrazine groups is 1. The van der Waals surface area contributed by atoms with Crippen LogP contribution in [0.2, 0.25) is 0 Å². The van der Waals surface area contributed by atoms with Crippen LogP contribution in [0.25, 0.3) is 4.96 Å². The van der Waals surface area contributed by atoms with E-state index in [-0.39, 0.29) is 4.96 Å². The van der Waals surface area contributed by atoms with E-state index in [0.29, 0.717) is 15.7 Å². The van der Waals surface area contributed by atoms with Gasteiger partial charge in [-0.3, -0.25) is 10.2 Å². The van der Waals surface area contributed by atoms with Gasteiger partial charge in [0, 0.05) is 19.2 Å². The first-order valence-electron chi connectivity index (χ1n) is 6.43. The first kappa shape index (κ1) is 14.3. The van der Waals surface area contributed by atoms with Gasteiger partial charge in [0.1, 0.15) is 0 Å². The van der Waals surface area contributed by atoms with Crippen molar-refractivity contribution in [3.63, 3.8) is 0 Å². The summed E-state index contributed by atoms with van der Waals surface area (Å²) in [4.78, 5) is 14.8. The fourth-order valence-corrected chi connectivity index (χ4v) is 3.03. The average molecular weight is 319 g/mol. The van der Waals surface area contributed by atoms with E-state index in [9.17, 15) is 18.0 Å². The third kappa shape index (κ3) is 3.00. The van der Waals surface area contributed by atoms with E-state index >= 15 is 0 Å². The van der Waals surface area contributed by atoms with E-state index in [1.54, 1.807) is 0 Å². The largest absolute Gasteiger partial charge is 0.433 e. The highest BCUT2D eigenvalue weighted by Crippen LogP contribution is 2.30. The Hall–Kier alpha value is -1.68. The summed E-state index contributed by atoms with van der Waals surface area (Å²) in [6.45, 7) is 1.62. The molecule has 114 valence electrons. The summed E-state index contributed by atoms with van der Waals surface area (Å²) in [7, 11) is 0. The van der Waals surface area contributed by atoms with Gasteiger partial charge in [0.05, 0.1) is 0 Å². The molecule has 0 bridgehead atoms. The van der Waals surface area contributed by atoms with Crippen LogP contribution in [-0.4, -0.2) is 32.7 Å². The monoisotopic (exact) mass is 319 g/mol. The molecule has 0 amide bonds. The van der Waals surface area contributed by atoms with Gasteiger partial charge >= 0.3 is 6.18 Å². The highest BCUT2D eigenvalue weighted by molar-refractivity contribution is 7.20. The molecule has 6 nitrogen and oxygen atoms in total. The lowest BCUT2D eigenvalue weighted by molar-refractivity contribution is -0.142. The first-order chi connectivity index (χ1) is 9.93. The van der Waals surface area contributed by atoms with Crippen LogP contribution < -0.4 is 11.0 Å². The Bertz CT molecular complexity index is 704. The lowest BCUT2D eigenvalue weighted by atomic mass is 10.2. The molecule has 1 N–H and O–H groups in total. The Balaban J connectivity index is 1.97. The molecule has 3 rings (SSSR count). The van der Waals surface area contributed by atoms with E-state index in [1.165, 1.54) is 0 Å². The maximum Gasteiger partial charge on any atom is 0.433 e. The number of hydrogen-bond donors (Lipinski definition) is 1. The molecule has 0 unspecified atom stereocenters. The minimum absolute atomic E-state index is 0.0747. The minimum Gasteiger partial charge on any atom is -0.293 e. The summed E-state index contributed by atoms with van der Waals surface area (Å²) in [6.07, 6.45) is -1.45. The average Bonchev–Trinajstić information content (AvgIpc) is 2.79. The van der Waals surface area contributed by atoms with Gasteiger partial charge in [0.15, 0.2) is 5.69 Å². The fraction of sp³-hybridized carbons (Fsp3) is 0.545. The smallest absolute Gasteiger partial charge is 0.293 e. The van der Waals surface area contributed by atoms with Crippen LogP contribution in [0.15, 0.2) is 10.9 Å². The summed E-state index contributed by atoms with van der Waals surface area (Å²) in [5, 5.41) is 6.08. The van der Waals surface area contributed by atoms with Crippen molar-refractivity contribution in [2.24, 2.45) is 0 Å². The van der Waals surface area contributed by atoms with Gasteiger partial charge in [-0.15, -0.1) is 5.10 Å². The molecule has 0 aliphatic carbocycles. The maximum atomic E-state index is 12.9. The third-order valence-electron chi connectivity index (χ3n) is 3.15. The van der Waals surface area contributed by atoms with Crippen LogP contribution in [0.1, 0.15) is 25.0 Å². The van der Waals surface area contributed by atoms with E-state index < -0.39 is 17.4 Å². The number of fused-ring (bicyclic) bond motifs is 1. The van der Waals surface area contributed by atoms with Gasteiger partial charge in [0.25, 0.3) is 5.56 Å². The number of rotatable bonds is 2. The number of anilines is 1. The quantitative estimate of drug-likeness (QED) is 0.917. The second-order valence-electron chi connectivity index (χ2n) is 4.74. The van der Waals surface area contributed by atoms with E-state index in [2.05, 4.69) is 15.5 Å². The zero-order valence-corrected chi connectivity index (χ0v) is 11.7. The zero-order chi connectivity index (χ0) is 15.0. The molecule has 1 aliphatic rings. The van der Waals surface area contributed by atoms with Crippen LogP contribution in [0, 0.1) is 0 Å². The van der Waals surface area contributed by atoms with Crippen LogP contribution >= 0.6 is 11.3 Å². The number of nitrogens with zero attached hydrogens (tertiary/aromatic N) is 4. The highest BCUT2D eigenvalue weighted by Gasteiger charge is 2.35. The molecule has 1 saturated heterocycles. The normalized spacial score (nSPS) is 17.3. The standard InChI is InChI=1S/C11H12F3N5OS/c12-11(13,14)7-6-8(20)15-10-19(7)17-9(21-10)16-18-4-2-1-3-5-18/h6H,1-5H2,(H,16,17). The molecule has 2 aromatic rings. The molecule has 1 fully saturated rings. The maximum absolute atomic E-state index is 12.9. The van der Waals surface area contributed by atoms with Crippen LogP contribution in [0.4, 0.5) is 18.3 Å². The first-order valence-corrected chi connectivity index (χ1v) is 7.25. The predicted molar refractivity (Wildman–Crippen MR) is 71.2 cm³/mol. The molecule has 10 heteroatoms. The summed E-state index contributed by atoms with van der Waals surface area (Å²) >= 11 is 0.923. The van der Waals surface area contributed by atoms with Crippen molar-refractivity contribution in [2.45, 2.75) is 25.4 Å². The fourth-order valence-electron chi connectivity index (χ4n) is 2.20.